The van der Waals surface area contributed by atoms with Crippen molar-refractivity contribution in [2.45, 2.75) is 6.23 Å². The topological polar surface area (TPSA) is 52.6 Å². The third-order valence-electron chi connectivity index (χ3n) is 2.78. The Hall–Kier alpha value is -1.81. The molecule has 0 aliphatic carbocycles. The van der Waals surface area contributed by atoms with E-state index in [2.05, 4.69) is 5.32 Å². The summed E-state index contributed by atoms with van der Waals surface area (Å²) in [5.41, 5.74) is 1.18. The first-order valence-electron chi connectivity index (χ1n) is 5.08. The lowest BCUT2D eigenvalue weighted by atomic mass is 10.0. The number of ketones is 1. The largest absolute Gasteiger partial charge is 0.375 e. The summed E-state index contributed by atoms with van der Waals surface area (Å²) in [6.45, 7) is 0. The van der Waals surface area contributed by atoms with E-state index in [4.69, 9.17) is 0 Å². The van der Waals surface area contributed by atoms with Crippen molar-refractivity contribution >= 4 is 5.78 Å². The molecule has 1 heterocycles. The first-order valence-corrected chi connectivity index (χ1v) is 5.08. The van der Waals surface area contributed by atoms with E-state index in [1.165, 1.54) is 6.08 Å². The average Bonchev–Trinajstić information content (AvgIpc) is 2.41. The molecule has 1 unspecified atom stereocenters. The predicted octanol–water partition coefficient (Wildman–Crippen LogP) is 0.866. The van der Waals surface area contributed by atoms with Gasteiger partial charge in [-0.25, -0.2) is 0 Å². The van der Waals surface area contributed by atoms with Crippen LogP contribution in [-0.4, -0.2) is 29.9 Å². The Labute approximate surface area is 94.2 Å². The van der Waals surface area contributed by atoms with Gasteiger partial charge in [-0.2, -0.15) is 0 Å². The van der Waals surface area contributed by atoms with Crippen LogP contribution in [0.4, 0.5) is 0 Å². The highest BCUT2D eigenvalue weighted by molar-refractivity contribution is 6.06. The van der Waals surface area contributed by atoms with E-state index < -0.39 is 6.23 Å². The van der Waals surface area contributed by atoms with Crippen molar-refractivity contribution in [1.29, 1.82) is 0 Å². The highest BCUT2D eigenvalue weighted by Gasteiger charge is 2.25. The number of carbonyl (C=O) groups excluding carboxylic acids is 1. The molecule has 4 nitrogen and oxygen atoms in total. The maximum atomic E-state index is 11.9. The van der Waals surface area contributed by atoms with E-state index in [0.29, 0.717) is 16.9 Å². The third-order valence-corrected chi connectivity index (χ3v) is 2.78. The number of benzene rings is 1. The molecule has 1 aliphatic rings. The number of nitrogens with zero attached hydrogens (tertiary/aromatic N) is 1. The fourth-order valence-corrected chi connectivity index (χ4v) is 1.84. The summed E-state index contributed by atoms with van der Waals surface area (Å²) >= 11 is 0. The summed E-state index contributed by atoms with van der Waals surface area (Å²) in [7, 11) is 3.46. The molecule has 4 heteroatoms. The van der Waals surface area contributed by atoms with Crippen LogP contribution in [-0.2, 0) is 0 Å². The van der Waals surface area contributed by atoms with Crippen molar-refractivity contribution in [3.8, 4) is 0 Å². The lowest BCUT2D eigenvalue weighted by molar-refractivity contribution is 0.0414. The van der Waals surface area contributed by atoms with E-state index in [1.54, 1.807) is 37.2 Å². The van der Waals surface area contributed by atoms with Gasteiger partial charge in [0, 0.05) is 31.3 Å². The molecule has 0 fully saturated rings. The number of fused-ring (bicyclic) bond motifs is 1. The molecule has 0 radical (unpaired) electrons. The first kappa shape index (κ1) is 10.7. The summed E-state index contributed by atoms with van der Waals surface area (Å²) in [6, 6.07) is 7.10. The zero-order chi connectivity index (χ0) is 11.7. The number of nitrogens with one attached hydrogen (secondary N) is 1. The quantitative estimate of drug-likeness (QED) is 0.734. The summed E-state index contributed by atoms with van der Waals surface area (Å²) < 4.78 is 0. The van der Waals surface area contributed by atoms with Crippen LogP contribution in [0.5, 0.6) is 0 Å². The predicted molar refractivity (Wildman–Crippen MR) is 60.6 cm³/mol. The number of allylic oxidation sites excluding steroid dienone is 1. The third kappa shape index (κ3) is 1.57. The maximum absolute atomic E-state index is 11.9. The zero-order valence-corrected chi connectivity index (χ0v) is 9.27. The van der Waals surface area contributed by atoms with Crippen molar-refractivity contribution in [3.63, 3.8) is 0 Å². The number of carbonyl (C=O) groups is 1. The van der Waals surface area contributed by atoms with Crippen LogP contribution in [0.3, 0.4) is 0 Å². The lowest BCUT2D eigenvalue weighted by Crippen LogP contribution is -2.29. The number of hydrogen-bond acceptors (Lipinski definition) is 4. The molecule has 2 N–H and O–H groups in total. The molecular weight excluding hydrogens is 204 g/mol. The Balaban J connectivity index is 2.57. The van der Waals surface area contributed by atoms with Crippen molar-refractivity contribution in [1.82, 2.24) is 10.2 Å². The minimum atomic E-state index is -0.804. The van der Waals surface area contributed by atoms with Gasteiger partial charge >= 0.3 is 0 Å². The summed E-state index contributed by atoms with van der Waals surface area (Å²) in [5.74, 6) is 0.511. The van der Waals surface area contributed by atoms with Crippen molar-refractivity contribution in [3.05, 3.63) is 47.3 Å². The second-order valence-electron chi connectivity index (χ2n) is 3.72. The van der Waals surface area contributed by atoms with Crippen LogP contribution in [0.1, 0.15) is 22.1 Å². The van der Waals surface area contributed by atoms with Gasteiger partial charge in [0.1, 0.15) is 5.82 Å². The second-order valence-corrected chi connectivity index (χ2v) is 3.72. The van der Waals surface area contributed by atoms with Crippen LogP contribution in [0, 0.1) is 0 Å². The SMILES string of the molecule is CNC1=CC(=O)c2ccccc2C(O)N1C. The Morgan fingerprint density at radius 3 is 2.75 bits per heavy atom. The highest BCUT2D eigenvalue weighted by Crippen LogP contribution is 2.26. The lowest BCUT2D eigenvalue weighted by Gasteiger charge is -2.26. The van der Waals surface area contributed by atoms with Gasteiger partial charge in [0.05, 0.1) is 0 Å². The van der Waals surface area contributed by atoms with Crippen LogP contribution in [0.25, 0.3) is 0 Å². The Bertz CT molecular complexity index is 454. The number of aliphatic hydroxyl groups excluding tert-OH is 1. The van der Waals surface area contributed by atoms with Gasteiger partial charge in [-0.15, -0.1) is 0 Å². The van der Waals surface area contributed by atoms with Crippen LogP contribution in [0.2, 0.25) is 0 Å². The van der Waals surface area contributed by atoms with Crippen LogP contribution in [0.15, 0.2) is 36.2 Å². The monoisotopic (exact) mass is 218 g/mol. The molecule has 1 atom stereocenters. The minimum Gasteiger partial charge on any atom is -0.375 e. The molecule has 0 amide bonds. The normalized spacial score (nSPS) is 19.9. The van der Waals surface area contributed by atoms with Gasteiger partial charge in [0.15, 0.2) is 12.0 Å². The van der Waals surface area contributed by atoms with Crippen LogP contribution < -0.4 is 5.32 Å². The molecule has 0 saturated carbocycles. The average molecular weight is 218 g/mol. The molecule has 1 aromatic rings. The van der Waals surface area contributed by atoms with Gasteiger partial charge in [-0.3, -0.25) is 4.79 Å². The zero-order valence-electron chi connectivity index (χ0n) is 9.27. The smallest absolute Gasteiger partial charge is 0.189 e. The summed E-state index contributed by atoms with van der Waals surface area (Å²) in [4.78, 5) is 13.5. The Morgan fingerprint density at radius 1 is 1.38 bits per heavy atom. The molecule has 84 valence electrons. The van der Waals surface area contributed by atoms with E-state index >= 15 is 0 Å². The molecule has 16 heavy (non-hydrogen) atoms. The Morgan fingerprint density at radius 2 is 2.06 bits per heavy atom. The maximum Gasteiger partial charge on any atom is 0.189 e. The van der Waals surface area contributed by atoms with Gasteiger partial charge in [-0.1, -0.05) is 24.3 Å². The minimum absolute atomic E-state index is 0.0941. The number of hydrogen-bond donors (Lipinski definition) is 2. The van der Waals surface area contributed by atoms with Gasteiger partial charge in [0.2, 0.25) is 0 Å². The van der Waals surface area contributed by atoms with E-state index in [9.17, 15) is 9.90 Å². The molecule has 2 rings (SSSR count). The molecule has 0 saturated heterocycles. The van der Waals surface area contributed by atoms with E-state index in [0.717, 1.165) is 0 Å². The molecule has 0 spiro atoms. The van der Waals surface area contributed by atoms with Gasteiger partial charge in [0.25, 0.3) is 0 Å². The second kappa shape index (κ2) is 3.98. The van der Waals surface area contributed by atoms with Crippen molar-refractivity contribution in [2.75, 3.05) is 14.1 Å². The fourth-order valence-electron chi connectivity index (χ4n) is 1.84. The molecule has 0 aromatic heterocycles. The fraction of sp³-hybridized carbons (Fsp3) is 0.250. The van der Waals surface area contributed by atoms with Crippen molar-refractivity contribution in [2.24, 2.45) is 0 Å². The molecule has 1 aliphatic heterocycles. The van der Waals surface area contributed by atoms with Crippen molar-refractivity contribution < 1.29 is 9.90 Å². The van der Waals surface area contributed by atoms with Gasteiger partial charge < -0.3 is 15.3 Å². The highest BCUT2D eigenvalue weighted by atomic mass is 16.3. The molecular formula is C12H14N2O2. The number of aliphatic hydroxyl groups is 1. The first-order chi connectivity index (χ1) is 7.65. The molecule has 0 bridgehead atoms. The standard InChI is InChI=1S/C12H14N2O2/c1-13-11-7-10(15)8-5-3-4-6-9(8)12(16)14(11)2/h3-7,12-13,16H,1-2H3. The van der Waals surface area contributed by atoms with E-state index in [-0.39, 0.29) is 5.78 Å². The Kier molecular flexibility index (Phi) is 2.66. The summed E-state index contributed by atoms with van der Waals surface area (Å²) in [6.07, 6.45) is 0.691. The number of rotatable bonds is 1. The van der Waals surface area contributed by atoms with Crippen LogP contribution >= 0.6 is 0 Å². The summed E-state index contributed by atoms with van der Waals surface area (Å²) in [5, 5.41) is 13.0. The molecule has 1 aromatic carbocycles. The van der Waals surface area contributed by atoms with E-state index in [1.807, 2.05) is 6.07 Å². The van der Waals surface area contributed by atoms with Gasteiger partial charge in [-0.05, 0) is 0 Å².